The topological polar surface area (TPSA) is 76.0 Å². The summed E-state index contributed by atoms with van der Waals surface area (Å²) >= 11 is 0. The fourth-order valence-corrected chi connectivity index (χ4v) is 2.58. The fourth-order valence-electron chi connectivity index (χ4n) is 2.58. The van der Waals surface area contributed by atoms with Crippen LogP contribution in [0.2, 0.25) is 0 Å². The first-order valence-corrected chi connectivity index (χ1v) is 7.17. The van der Waals surface area contributed by atoms with E-state index < -0.39 is 17.8 Å². The van der Waals surface area contributed by atoms with Crippen LogP contribution in [0.15, 0.2) is 29.1 Å². The van der Waals surface area contributed by atoms with Gasteiger partial charge in [0.05, 0.1) is 39.5 Å². The molecule has 1 aromatic carbocycles. The molecule has 1 fully saturated rings. The Balaban J connectivity index is 2.19. The van der Waals surface area contributed by atoms with Gasteiger partial charge in [0.2, 0.25) is 0 Å². The van der Waals surface area contributed by atoms with E-state index in [0.717, 1.165) is 5.39 Å². The molecule has 0 amide bonds. The van der Waals surface area contributed by atoms with Crippen LogP contribution in [0.4, 0.5) is 0 Å². The largest absolute Gasteiger partial charge is 0.497 e. The van der Waals surface area contributed by atoms with E-state index in [1.807, 2.05) is 0 Å². The number of methoxy groups -OCH3 is 2. The Morgan fingerprint density at radius 3 is 2.65 bits per heavy atom. The lowest BCUT2D eigenvalue weighted by Crippen LogP contribution is -2.31. The molecule has 1 aliphatic heterocycles. The highest BCUT2D eigenvalue weighted by Gasteiger charge is 2.22. The van der Waals surface area contributed by atoms with Crippen molar-refractivity contribution in [1.82, 2.24) is 4.57 Å². The molecule has 1 saturated heterocycles. The number of esters is 1. The molecule has 1 aliphatic rings. The standard InChI is InChI=1S/C16H17NO6/c1-20-11-4-3-10-7-12(16(19)21-2)15(18)17(13(10)8-11)9-14-22-5-6-23-14/h3-4,7-8,14H,5-6,9H2,1-2H3. The number of nitrogens with zero attached hydrogens (tertiary/aromatic N) is 1. The fraction of sp³-hybridized carbons (Fsp3) is 0.375. The number of hydrogen-bond acceptors (Lipinski definition) is 6. The van der Waals surface area contributed by atoms with Gasteiger partial charge in [-0.3, -0.25) is 4.79 Å². The molecule has 122 valence electrons. The van der Waals surface area contributed by atoms with E-state index in [9.17, 15) is 9.59 Å². The van der Waals surface area contributed by atoms with E-state index in [1.54, 1.807) is 25.3 Å². The Kier molecular flexibility index (Phi) is 4.31. The SMILES string of the molecule is COC(=O)c1cc2ccc(OC)cc2n(CC2OCCO2)c1=O. The molecule has 0 aliphatic carbocycles. The lowest BCUT2D eigenvalue weighted by Gasteiger charge is -2.16. The molecule has 0 spiro atoms. The van der Waals surface area contributed by atoms with Crippen LogP contribution in [0, 0.1) is 0 Å². The Morgan fingerprint density at radius 1 is 1.26 bits per heavy atom. The molecule has 2 aromatic rings. The third-order valence-electron chi connectivity index (χ3n) is 3.73. The van der Waals surface area contributed by atoms with Crippen molar-refractivity contribution in [1.29, 1.82) is 0 Å². The first-order chi connectivity index (χ1) is 11.1. The Bertz CT molecular complexity index is 791. The summed E-state index contributed by atoms with van der Waals surface area (Å²) in [6.45, 7) is 1.15. The molecule has 3 rings (SSSR count). The summed E-state index contributed by atoms with van der Waals surface area (Å²) in [6, 6.07) is 6.82. The van der Waals surface area contributed by atoms with Crippen LogP contribution in [0.5, 0.6) is 5.75 Å². The Labute approximate surface area is 132 Å². The molecule has 0 saturated carbocycles. The summed E-state index contributed by atoms with van der Waals surface area (Å²) in [4.78, 5) is 24.5. The summed E-state index contributed by atoms with van der Waals surface area (Å²) in [6.07, 6.45) is -0.519. The van der Waals surface area contributed by atoms with Crippen molar-refractivity contribution in [3.8, 4) is 5.75 Å². The van der Waals surface area contributed by atoms with E-state index in [2.05, 4.69) is 0 Å². The second kappa shape index (κ2) is 6.39. The predicted octanol–water partition coefficient (Wildman–Crippen LogP) is 1.17. The van der Waals surface area contributed by atoms with Gasteiger partial charge in [0.15, 0.2) is 6.29 Å². The van der Waals surface area contributed by atoms with E-state index in [1.165, 1.54) is 17.7 Å². The molecule has 0 bridgehead atoms. The molecular formula is C16H17NO6. The van der Waals surface area contributed by atoms with Crippen molar-refractivity contribution in [2.75, 3.05) is 27.4 Å². The summed E-state index contributed by atoms with van der Waals surface area (Å²) in [5.41, 5.74) is 0.168. The summed E-state index contributed by atoms with van der Waals surface area (Å²) < 4.78 is 22.2. The second-order valence-corrected chi connectivity index (χ2v) is 5.06. The van der Waals surface area contributed by atoms with Crippen molar-refractivity contribution in [2.24, 2.45) is 0 Å². The van der Waals surface area contributed by atoms with Gasteiger partial charge in [0.1, 0.15) is 11.3 Å². The Hall–Kier alpha value is -2.38. The number of aromatic nitrogens is 1. The monoisotopic (exact) mass is 319 g/mol. The van der Waals surface area contributed by atoms with Crippen molar-refractivity contribution in [3.05, 3.63) is 40.2 Å². The first-order valence-electron chi connectivity index (χ1n) is 7.17. The quantitative estimate of drug-likeness (QED) is 0.788. The summed E-state index contributed by atoms with van der Waals surface area (Å²) in [7, 11) is 2.79. The van der Waals surface area contributed by atoms with Gasteiger partial charge in [-0.05, 0) is 23.6 Å². The minimum absolute atomic E-state index is 0.0248. The lowest BCUT2D eigenvalue weighted by molar-refractivity contribution is -0.0523. The van der Waals surface area contributed by atoms with Gasteiger partial charge in [-0.1, -0.05) is 0 Å². The van der Waals surface area contributed by atoms with E-state index in [0.29, 0.717) is 24.5 Å². The average molecular weight is 319 g/mol. The lowest BCUT2D eigenvalue weighted by atomic mass is 10.1. The Morgan fingerprint density at radius 2 is 2.00 bits per heavy atom. The van der Waals surface area contributed by atoms with Crippen molar-refractivity contribution < 1.29 is 23.7 Å². The highest BCUT2D eigenvalue weighted by Crippen LogP contribution is 2.21. The first kappa shape index (κ1) is 15.5. The normalized spacial score (nSPS) is 15.0. The molecule has 2 heterocycles. The van der Waals surface area contributed by atoms with Crippen LogP contribution in [-0.4, -0.2) is 44.3 Å². The molecule has 7 heteroatoms. The highest BCUT2D eigenvalue weighted by atomic mass is 16.7. The van der Waals surface area contributed by atoms with Crippen LogP contribution in [0.25, 0.3) is 10.9 Å². The second-order valence-electron chi connectivity index (χ2n) is 5.06. The maximum atomic E-state index is 12.7. The smallest absolute Gasteiger partial charge is 0.343 e. The molecule has 23 heavy (non-hydrogen) atoms. The highest BCUT2D eigenvalue weighted by molar-refractivity contribution is 5.94. The number of rotatable bonds is 4. The van der Waals surface area contributed by atoms with Crippen molar-refractivity contribution in [3.63, 3.8) is 0 Å². The number of hydrogen-bond donors (Lipinski definition) is 0. The van der Waals surface area contributed by atoms with Gasteiger partial charge in [-0.15, -0.1) is 0 Å². The number of carbonyl (C=O) groups excluding carboxylic acids is 1. The molecule has 0 unspecified atom stereocenters. The van der Waals surface area contributed by atoms with Gasteiger partial charge < -0.3 is 23.5 Å². The minimum atomic E-state index is -0.672. The van der Waals surface area contributed by atoms with Crippen LogP contribution in [0.3, 0.4) is 0 Å². The molecular weight excluding hydrogens is 302 g/mol. The van der Waals surface area contributed by atoms with Crippen LogP contribution < -0.4 is 10.3 Å². The summed E-state index contributed by atoms with van der Waals surface area (Å²) in [5.74, 6) is -0.0561. The third kappa shape index (κ3) is 2.93. The van der Waals surface area contributed by atoms with Crippen LogP contribution >= 0.6 is 0 Å². The predicted molar refractivity (Wildman–Crippen MR) is 81.8 cm³/mol. The molecule has 0 atom stereocenters. The van der Waals surface area contributed by atoms with Gasteiger partial charge in [-0.25, -0.2) is 4.79 Å². The van der Waals surface area contributed by atoms with Crippen molar-refractivity contribution >= 4 is 16.9 Å². The number of ether oxygens (including phenoxy) is 4. The van der Waals surface area contributed by atoms with Crippen molar-refractivity contribution in [2.45, 2.75) is 12.8 Å². The summed E-state index contributed by atoms with van der Waals surface area (Å²) in [5, 5.41) is 0.726. The number of fused-ring (bicyclic) bond motifs is 1. The molecule has 7 nitrogen and oxygen atoms in total. The van der Waals surface area contributed by atoms with Crippen LogP contribution in [0.1, 0.15) is 10.4 Å². The van der Waals surface area contributed by atoms with Crippen LogP contribution in [-0.2, 0) is 20.8 Å². The van der Waals surface area contributed by atoms with Gasteiger partial charge >= 0.3 is 5.97 Å². The number of pyridine rings is 1. The van der Waals surface area contributed by atoms with Gasteiger partial charge in [0, 0.05) is 6.07 Å². The van der Waals surface area contributed by atoms with E-state index in [-0.39, 0.29) is 12.1 Å². The molecule has 1 aromatic heterocycles. The zero-order valence-corrected chi connectivity index (χ0v) is 12.9. The maximum absolute atomic E-state index is 12.7. The molecule has 0 radical (unpaired) electrons. The number of carbonyl (C=O) groups is 1. The minimum Gasteiger partial charge on any atom is -0.497 e. The van der Waals surface area contributed by atoms with Gasteiger partial charge in [-0.2, -0.15) is 0 Å². The zero-order chi connectivity index (χ0) is 16.4. The zero-order valence-electron chi connectivity index (χ0n) is 12.9. The van der Waals surface area contributed by atoms with E-state index >= 15 is 0 Å². The number of benzene rings is 1. The third-order valence-corrected chi connectivity index (χ3v) is 3.73. The maximum Gasteiger partial charge on any atom is 0.343 e. The van der Waals surface area contributed by atoms with Gasteiger partial charge in [0.25, 0.3) is 5.56 Å². The van der Waals surface area contributed by atoms with E-state index in [4.69, 9.17) is 18.9 Å². The molecule has 0 N–H and O–H groups in total. The average Bonchev–Trinajstić information content (AvgIpc) is 3.09.